The molecule has 0 fully saturated rings. The summed E-state index contributed by atoms with van der Waals surface area (Å²) in [5, 5.41) is 6.17. The van der Waals surface area contributed by atoms with E-state index in [-0.39, 0.29) is 11.9 Å². The van der Waals surface area contributed by atoms with E-state index in [0.29, 0.717) is 6.54 Å². The minimum Gasteiger partial charge on any atom is -0.355 e. The van der Waals surface area contributed by atoms with Gasteiger partial charge in [-0.3, -0.25) is 4.79 Å². The summed E-state index contributed by atoms with van der Waals surface area (Å²) in [5.41, 5.74) is 5.15. The Balaban J connectivity index is 2.63. The summed E-state index contributed by atoms with van der Waals surface area (Å²) >= 11 is 0. The van der Waals surface area contributed by atoms with Gasteiger partial charge in [0, 0.05) is 12.6 Å². The molecule has 0 aliphatic carbocycles. The van der Waals surface area contributed by atoms with Crippen molar-refractivity contribution in [3.63, 3.8) is 0 Å². The molecule has 3 heteroatoms. The first-order valence-electron chi connectivity index (χ1n) is 7.03. The third kappa shape index (κ3) is 4.67. The van der Waals surface area contributed by atoms with E-state index in [9.17, 15) is 4.79 Å². The van der Waals surface area contributed by atoms with Crippen LogP contribution in [0.25, 0.3) is 0 Å². The van der Waals surface area contributed by atoms with E-state index in [1.165, 1.54) is 22.3 Å². The largest absolute Gasteiger partial charge is 0.355 e. The number of benzene rings is 1. The maximum absolute atomic E-state index is 11.6. The smallest absolute Gasteiger partial charge is 0.233 e. The zero-order valence-electron chi connectivity index (χ0n) is 12.8. The van der Waals surface area contributed by atoms with Crippen molar-refractivity contribution in [2.45, 2.75) is 47.1 Å². The molecular weight excluding hydrogens is 236 g/mol. The standard InChI is InChI=1S/C16H26N2O/c1-6-7-17-15(19)10-18-14(5)16-12(3)8-11(2)9-13(16)4/h8-9,14,18H,6-7,10H2,1-5H3,(H,17,19). The van der Waals surface area contributed by atoms with Gasteiger partial charge in [-0.15, -0.1) is 0 Å². The number of rotatable bonds is 6. The molecule has 19 heavy (non-hydrogen) atoms. The van der Waals surface area contributed by atoms with Crippen molar-refractivity contribution in [2.24, 2.45) is 0 Å². The third-order valence-corrected chi connectivity index (χ3v) is 3.31. The molecule has 0 aliphatic heterocycles. The van der Waals surface area contributed by atoms with Crippen LogP contribution in [0.2, 0.25) is 0 Å². The van der Waals surface area contributed by atoms with Gasteiger partial charge in [-0.2, -0.15) is 0 Å². The lowest BCUT2D eigenvalue weighted by molar-refractivity contribution is -0.120. The van der Waals surface area contributed by atoms with Crippen molar-refractivity contribution in [3.8, 4) is 0 Å². The summed E-state index contributed by atoms with van der Waals surface area (Å²) in [6.45, 7) is 11.6. The van der Waals surface area contributed by atoms with E-state index in [1.807, 2.05) is 0 Å². The molecule has 1 unspecified atom stereocenters. The van der Waals surface area contributed by atoms with E-state index in [2.05, 4.69) is 57.4 Å². The number of carbonyl (C=O) groups excluding carboxylic acids is 1. The van der Waals surface area contributed by atoms with Crippen LogP contribution in [-0.2, 0) is 4.79 Å². The van der Waals surface area contributed by atoms with Crippen molar-refractivity contribution in [3.05, 3.63) is 34.4 Å². The zero-order chi connectivity index (χ0) is 14.4. The van der Waals surface area contributed by atoms with Crippen molar-refractivity contribution in [2.75, 3.05) is 13.1 Å². The molecule has 2 N–H and O–H groups in total. The topological polar surface area (TPSA) is 41.1 Å². The fourth-order valence-corrected chi connectivity index (χ4v) is 2.55. The molecule has 0 spiro atoms. The van der Waals surface area contributed by atoms with Gasteiger partial charge in [0.15, 0.2) is 0 Å². The maximum Gasteiger partial charge on any atom is 0.233 e. The molecule has 0 saturated carbocycles. The molecule has 3 nitrogen and oxygen atoms in total. The van der Waals surface area contributed by atoms with Crippen molar-refractivity contribution >= 4 is 5.91 Å². The van der Waals surface area contributed by atoms with Crippen molar-refractivity contribution in [1.29, 1.82) is 0 Å². The summed E-state index contributed by atoms with van der Waals surface area (Å²) in [7, 11) is 0. The van der Waals surface area contributed by atoms with Crippen LogP contribution in [0.4, 0.5) is 0 Å². The lowest BCUT2D eigenvalue weighted by Gasteiger charge is -2.19. The molecule has 106 valence electrons. The van der Waals surface area contributed by atoms with Gasteiger partial charge in [0.1, 0.15) is 0 Å². The van der Waals surface area contributed by atoms with Crippen LogP contribution >= 0.6 is 0 Å². The van der Waals surface area contributed by atoms with Crippen molar-refractivity contribution in [1.82, 2.24) is 10.6 Å². The molecule has 1 aromatic carbocycles. The van der Waals surface area contributed by atoms with Crippen LogP contribution < -0.4 is 10.6 Å². The second-order valence-corrected chi connectivity index (χ2v) is 5.26. The molecule has 0 radical (unpaired) electrons. The van der Waals surface area contributed by atoms with Gasteiger partial charge < -0.3 is 10.6 Å². The molecule has 0 bridgehead atoms. The minimum atomic E-state index is 0.0658. The van der Waals surface area contributed by atoms with Gasteiger partial charge in [-0.05, 0) is 50.8 Å². The average Bonchev–Trinajstić information content (AvgIpc) is 2.32. The van der Waals surface area contributed by atoms with E-state index >= 15 is 0 Å². The predicted octanol–water partition coefficient (Wildman–Crippen LogP) is 2.79. The molecular formula is C16H26N2O. The monoisotopic (exact) mass is 262 g/mol. The number of hydrogen-bond acceptors (Lipinski definition) is 2. The van der Waals surface area contributed by atoms with E-state index < -0.39 is 0 Å². The molecule has 0 saturated heterocycles. The molecule has 0 heterocycles. The van der Waals surface area contributed by atoms with E-state index in [0.717, 1.165) is 13.0 Å². The normalized spacial score (nSPS) is 12.3. The predicted molar refractivity (Wildman–Crippen MR) is 80.4 cm³/mol. The zero-order valence-corrected chi connectivity index (χ0v) is 12.8. The van der Waals surface area contributed by atoms with E-state index in [4.69, 9.17) is 0 Å². The van der Waals surface area contributed by atoms with Crippen LogP contribution in [-0.4, -0.2) is 19.0 Å². The molecule has 1 rings (SSSR count). The highest BCUT2D eigenvalue weighted by Gasteiger charge is 2.12. The van der Waals surface area contributed by atoms with Crippen LogP contribution in [0.15, 0.2) is 12.1 Å². The van der Waals surface area contributed by atoms with Crippen LogP contribution in [0.3, 0.4) is 0 Å². The Morgan fingerprint density at radius 2 is 1.79 bits per heavy atom. The quantitative estimate of drug-likeness (QED) is 0.827. The highest BCUT2D eigenvalue weighted by molar-refractivity contribution is 5.78. The molecule has 1 aromatic rings. The van der Waals surface area contributed by atoms with Gasteiger partial charge in [0.05, 0.1) is 6.54 Å². The summed E-state index contributed by atoms with van der Waals surface area (Å²) in [5.74, 6) is 0.0658. The third-order valence-electron chi connectivity index (χ3n) is 3.31. The Labute approximate surface area is 116 Å². The SMILES string of the molecule is CCCNC(=O)CNC(C)c1c(C)cc(C)cc1C. The van der Waals surface area contributed by atoms with Gasteiger partial charge in [0.25, 0.3) is 0 Å². The number of nitrogens with one attached hydrogen (secondary N) is 2. The molecule has 1 amide bonds. The van der Waals surface area contributed by atoms with Crippen LogP contribution in [0, 0.1) is 20.8 Å². The Hall–Kier alpha value is -1.35. The second kappa shape index (κ2) is 7.29. The number of carbonyl (C=O) groups is 1. The number of amides is 1. The van der Waals surface area contributed by atoms with E-state index in [1.54, 1.807) is 0 Å². The number of hydrogen-bond donors (Lipinski definition) is 2. The minimum absolute atomic E-state index is 0.0658. The Kier molecular flexibility index (Phi) is 6.03. The van der Waals surface area contributed by atoms with Gasteiger partial charge in [-0.25, -0.2) is 0 Å². The van der Waals surface area contributed by atoms with Gasteiger partial charge in [-0.1, -0.05) is 24.6 Å². The summed E-state index contributed by atoms with van der Waals surface area (Å²) in [6, 6.07) is 4.57. The first-order chi connectivity index (χ1) is 8.95. The molecule has 1 atom stereocenters. The Morgan fingerprint density at radius 1 is 1.21 bits per heavy atom. The van der Waals surface area contributed by atoms with Gasteiger partial charge in [0.2, 0.25) is 5.91 Å². The fourth-order valence-electron chi connectivity index (χ4n) is 2.55. The maximum atomic E-state index is 11.6. The van der Waals surface area contributed by atoms with Gasteiger partial charge >= 0.3 is 0 Å². The summed E-state index contributed by atoms with van der Waals surface area (Å²) in [4.78, 5) is 11.6. The lowest BCUT2D eigenvalue weighted by atomic mass is 9.95. The fraction of sp³-hybridized carbons (Fsp3) is 0.562. The molecule has 0 aromatic heterocycles. The van der Waals surface area contributed by atoms with Crippen LogP contribution in [0.5, 0.6) is 0 Å². The molecule has 0 aliphatic rings. The summed E-state index contributed by atoms with van der Waals surface area (Å²) in [6.07, 6.45) is 0.970. The Bertz CT molecular complexity index is 417. The highest BCUT2D eigenvalue weighted by Crippen LogP contribution is 2.22. The first-order valence-corrected chi connectivity index (χ1v) is 7.03. The average molecular weight is 262 g/mol. The van der Waals surface area contributed by atoms with Crippen LogP contribution in [0.1, 0.15) is 48.6 Å². The lowest BCUT2D eigenvalue weighted by Crippen LogP contribution is -2.35. The Morgan fingerprint density at radius 3 is 2.32 bits per heavy atom. The first kappa shape index (κ1) is 15.7. The highest BCUT2D eigenvalue weighted by atomic mass is 16.1. The second-order valence-electron chi connectivity index (χ2n) is 5.26. The summed E-state index contributed by atoms with van der Waals surface area (Å²) < 4.78 is 0. The number of aryl methyl sites for hydroxylation is 3. The van der Waals surface area contributed by atoms with Crippen molar-refractivity contribution < 1.29 is 4.79 Å².